The zero-order valence-corrected chi connectivity index (χ0v) is 22.5. The van der Waals surface area contributed by atoms with Crippen LogP contribution < -0.4 is 5.32 Å². The first kappa shape index (κ1) is 26.6. The maximum Gasteiger partial charge on any atom is 0.254 e. The van der Waals surface area contributed by atoms with Crippen LogP contribution in [0.2, 0.25) is 5.02 Å². The standard InChI is InChI=1S/C32H34ClN3O/c1-4-36(5-2)32(37)29-12-7-6-10-24(29)16-20-30(34-3)26-11-8-9-23(21-26)13-18-28-19-15-25-14-17-27(33)22-31(25)35-28/h6-15,17-19,21-22,30,34H,4-5,16,20H2,1-3H3/b18-13+. The molecule has 0 saturated heterocycles. The zero-order chi connectivity index (χ0) is 26.2. The number of amides is 1. The Labute approximate surface area is 225 Å². The van der Waals surface area contributed by atoms with Gasteiger partial charge in [-0.15, -0.1) is 0 Å². The van der Waals surface area contributed by atoms with Gasteiger partial charge in [-0.3, -0.25) is 4.79 Å². The van der Waals surface area contributed by atoms with Crippen molar-refractivity contribution in [3.05, 3.63) is 112 Å². The molecule has 1 N–H and O–H groups in total. The number of fused-ring (bicyclic) bond motifs is 1. The Hall–Kier alpha value is -3.47. The molecule has 4 aromatic rings. The lowest BCUT2D eigenvalue weighted by Gasteiger charge is -2.22. The van der Waals surface area contributed by atoms with Crippen molar-refractivity contribution < 1.29 is 4.79 Å². The highest BCUT2D eigenvalue weighted by Gasteiger charge is 2.17. The van der Waals surface area contributed by atoms with Gasteiger partial charge in [0.2, 0.25) is 0 Å². The molecule has 0 saturated carbocycles. The summed E-state index contributed by atoms with van der Waals surface area (Å²) in [5.41, 5.74) is 6.01. The number of nitrogens with zero attached hydrogens (tertiary/aromatic N) is 2. The van der Waals surface area contributed by atoms with E-state index < -0.39 is 0 Å². The summed E-state index contributed by atoms with van der Waals surface area (Å²) in [6.45, 7) is 5.47. The van der Waals surface area contributed by atoms with Gasteiger partial charge in [-0.25, -0.2) is 4.98 Å². The van der Waals surface area contributed by atoms with Crippen molar-refractivity contribution in [1.29, 1.82) is 0 Å². The van der Waals surface area contributed by atoms with Crippen LogP contribution >= 0.6 is 11.6 Å². The van der Waals surface area contributed by atoms with Crippen LogP contribution in [-0.2, 0) is 6.42 Å². The number of halogens is 1. The Bertz CT molecular complexity index is 1390. The molecule has 1 atom stereocenters. The van der Waals surface area contributed by atoms with Crippen molar-refractivity contribution in [1.82, 2.24) is 15.2 Å². The Morgan fingerprint density at radius 3 is 2.54 bits per heavy atom. The summed E-state index contributed by atoms with van der Waals surface area (Å²) in [5.74, 6) is 0.110. The van der Waals surface area contributed by atoms with Gasteiger partial charge in [0.15, 0.2) is 0 Å². The molecule has 4 rings (SSSR count). The molecule has 1 unspecified atom stereocenters. The molecular weight excluding hydrogens is 478 g/mol. The number of hydrogen-bond acceptors (Lipinski definition) is 3. The van der Waals surface area contributed by atoms with Crippen molar-refractivity contribution in [3.8, 4) is 0 Å². The normalized spacial score (nSPS) is 12.2. The van der Waals surface area contributed by atoms with Crippen LogP contribution in [0.25, 0.3) is 23.1 Å². The molecule has 0 radical (unpaired) electrons. The van der Waals surface area contributed by atoms with Crippen LogP contribution in [0.4, 0.5) is 0 Å². The van der Waals surface area contributed by atoms with Crippen molar-refractivity contribution in [3.63, 3.8) is 0 Å². The molecule has 0 aliphatic carbocycles. The average Bonchev–Trinajstić information content (AvgIpc) is 2.93. The number of aryl methyl sites for hydroxylation is 1. The maximum absolute atomic E-state index is 13.0. The molecule has 5 heteroatoms. The van der Waals surface area contributed by atoms with Crippen LogP contribution in [-0.4, -0.2) is 35.9 Å². The van der Waals surface area contributed by atoms with Crippen molar-refractivity contribution in [2.45, 2.75) is 32.7 Å². The predicted molar refractivity (Wildman–Crippen MR) is 156 cm³/mol. The van der Waals surface area contributed by atoms with Gasteiger partial charge in [0.25, 0.3) is 5.91 Å². The van der Waals surface area contributed by atoms with Crippen molar-refractivity contribution >= 4 is 40.6 Å². The van der Waals surface area contributed by atoms with Crippen LogP contribution in [0.3, 0.4) is 0 Å². The molecule has 1 aromatic heterocycles. The van der Waals surface area contributed by atoms with E-state index in [1.54, 1.807) is 0 Å². The fourth-order valence-electron chi connectivity index (χ4n) is 4.67. The van der Waals surface area contributed by atoms with Gasteiger partial charge in [0.05, 0.1) is 11.2 Å². The summed E-state index contributed by atoms with van der Waals surface area (Å²) in [6.07, 6.45) is 5.83. The number of carbonyl (C=O) groups excluding carboxylic acids is 1. The highest BCUT2D eigenvalue weighted by molar-refractivity contribution is 6.31. The van der Waals surface area contributed by atoms with E-state index in [2.05, 4.69) is 47.8 Å². The Kier molecular flexibility index (Phi) is 9.10. The van der Waals surface area contributed by atoms with Gasteiger partial charge < -0.3 is 10.2 Å². The molecule has 4 nitrogen and oxygen atoms in total. The first-order valence-electron chi connectivity index (χ1n) is 12.9. The van der Waals surface area contributed by atoms with Crippen LogP contribution in [0.1, 0.15) is 59.1 Å². The number of aromatic nitrogens is 1. The van der Waals surface area contributed by atoms with Crippen molar-refractivity contribution in [2.75, 3.05) is 20.1 Å². The summed E-state index contributed by atoms with van der Waals surface area (Å²) in [5, 5.41) is 5.22. The molecule has 1 amide bonds. The SMILES string of the molecule is CCN(CC)C(=O)c1ccccc1CCC(NC)c1cccc(/C=C/c2ccc3ccc(Cl)cc3n2)c1. The van der Waals surface area contributed by atoms with E-state index in [-0.39, 0.29) is 11.9 Å². The lowest BCUT2D eigenvalue weighted by molar-refractivity contribution is 0.0772. The van der Waals surface area contributed by atoms with Crippen LogP contribution in [0.5, 0.6) is 0 Å². The second-order valence-corrected chi connectivity index (χ2v) is 9.53. The van der Waals surface area contributed by atoms with Gasteiger partial charge in [0, 0.05) is 35.1 Å². The third-order valence-electron chi connectivity index (χ3n) is 6.78. The third kappa shape index (κ3) is 6.65. The lowest BCUT2D eigenvalue weighted by Crippen LogP contribution is -2.31. The molecule has 37 heavy (non-hydrogen) atoms. The Morgan fingerprint density at radius 2 is 1.76 bits per heavy atom. The van der Waals surface area contributed by atoms with Gasteiger partial charge in [-0.2, -0.15) is 0 Å². The minimum atomic E-state index is 0.110. The first-order valence-corrected chi connectivity index (χ1v) is 13.3. The molecular formula is C32H34ClN3O. The molecule has 0 fully saturated rings. The Morgan fingerprint density at radius 1 is 0.973 bits per heavy atom. The number of rotatable bonds is 10. The van der Waals surface area contributed by atoms with Crippen molar-refractivity contribution in [2.24, 2.45) is 0 Å². The average molecular weight is 512 g/mol. The minimum absolute atomic E-state index is 0.110. The van der Waals surface area contributed by atoms with Gasteiger partial charge in [-0.1, -0.05) is 72.3 Å². The number of hydrogen-bond donors (Lipinski definition) is 1. The first-order chi connectivity index (χ1) is 18.0. The number of benzene rings is 3. The summed E-state index contributed by atoms with van der Waals surface area (Å²) in [7, 11) is 1.99. The molecule has 3 aromatic carbocycles. The minimum Gasteiger partial charge on any atom is -0.339 e. The molecule has 0 bridgehead atoms. The number of pyridine rings is 1. The van der Waals surface area contributed by atoms with E-state index in [1.165, 1.54) is 5.56 Å². The molecule has 0 spiro atoms. The van der Waals surface area contributed by atoms with E-state index in [0.717, 1.165) is 46.1 Å². The quantitative estimate of drug-likeness (QED) is 0.241. The van der Waals surface area contributed by atoms with Gasteiger partial charge >= 0.3 is 0 Å². The molecule has 0 aliphatic heterocycles. The number of nitrogens with one attached hydrogen (secondary N) is 1. The van der Waals surface area contributed by atoms with Crippen LogP contribution in [0.15, 0.2) is 78.9 Å². The summed E-state index contributed by atoms with van der Waals surface area (Å²) < 4.78 is 0. The molecule has 1 heterocycles. The maximum atomic E-state index is 13.0. The highest BCUT2D eigenvalue weighted by Crippen LogP contribution is 2.24. The second kappa shape index (κ2) is 12.7. The monoisotopic (exact) mass is 511 g/mol. The predicted octanol–water partition coefficient (Wildman–Crippen LogP) is 7.43. The summed E-state index contributed by atoms with van der Waals surface area (Å²) in [4.78, 5) is 19.6. The topological polar surface area (TPSA) is 45.2 Å². The van der Waals surface area contributed by atoms with Crippen LogP contribution in [0, 0.1) is 0 Å². The van der Waals surface area contributed by atoms with E-state index in [0.29, 0.717) is 18.1 Å². The largest absolute Gasteiger partial charge is 0.339 e. The highest BCUT2D eigenvalue weighted by atomic mass is 35.5. The van der Waals surface area contributed by atoms with E-state index in [9.17, 15) is 4.79 Å². The fraction of sp³-hybridized carbons (Fsp3) is 0.250. The second-order valence-electron chi connectivity index (χ2n) is 9.09. The van der Waals surface area contributed by atoms with E-state index >= 15 is 0 Å². The Balaban J connectivity index is 1.48. The third-order valence-corrected chi connectivity index (χ3v) is 7.02. The molecule has 0 aliphatic rings. The molecule has 190 valence electrons. The smallest absolute Gasteiger partial charge is 0.254 e. The summed E-state index contributed by atoms with van der Waals surface area (Å²) in [6, 6.07) is 26.6. The van der Waals surface area contributed by atoms with Gasteiger partial charge in [-0.05, 0) is 80.8 Å². The van der Waals surface area contributed by atoms with E-state index in [1.807, 2.05) is 74.3 Å². The number of carbonyl (C=O) groups is 1. The zero-order valence-electron chi connectivity index (χ0n) is 21.7. The fourth-order valence-corrected chi connectivity index (χ4v) is 4.83. The lowest BCUT2D eigenvalue weighted by atomic mass is 9.95. The van der Waals surface area contributed by atoms with E-state index in [4.69, 9.17) is 16.6 Å². The summed E-state index contributed by atoms with van der Waals surface area (Å²) >= 11 is 6.14. The van der Waals surface area contributed by atoms with Gasteiger partial charge in [0.1, 0.15) is 0 Å².